The maximum Gasteiger partial charge on any atom is 0.213 e. The quantitative estimate of drug-likeness (QED) is 0.619. The Labute approximate surface area is 142 Å². The van der Waals surface area contributed by atoms with E-state index in [2.05, 4.69) is 58.5 Å². The summed E-state index contributed by atoms with van der Waals surface area (Å²) in [7, 11) is 0. The van der Waals surface area contributed by atoms with Crippen LogP contribution in [-0.2, 0) is 25.0 Å². The summed E-state index contributed by atoms with van der Waals surface area (Å²) in [6, 6.07) is 0. The standard InChI is InChI=1S/C16H27N7O/c1-6-17-15(19-9-13-22-21-11-23(13)7-2)20-10-14-18-8-12(24-14)16(3,4)5/h8,11H,6-7,9-10H2,1-5H3,(H2,17,19,20). The number of aliphatic imine (C=N–C) groups is 1. The number of guanidine groups is 1. The highest BCUT2D eigenvalue weighted by molar-refractivity contribution is 5.79. The van der Waals surface area contributed by atoms with E-state index < -0.39 is 0 Å². The lowest BCUT2D eigenvalue weighted by molar-refractivity contribution is 0.379. The van der Waals surface area contributed by atoms with Gasteiger partial charge in [0.25, 0.3) is 0 Å². The fourth-order valence-corrected chi connectivity index (χ4v) is 2.06. The van der Waals surface area contributed by atoms with Crippen LogP contribution in [0.5, 0.6) is 0 Å². The molecule has 132 valence electrons. The molecule has 2 aromatic heterocycles. The third-order valence-electron chi connectivity index (χ3n) is 3.46. The van der Waals surface area contributed by atoms with Gasteiger partial charge in [-0.2, -0.15) is 0 Å². The molecule has 2 heterocycles. The van der Waals surface area contributed by atoms with E-state index in [0.717, 1.165) is 24.7 Å². The summed E-state index contributed by atoms with van der Waals surface area (Å²) >= 11 is 0. The molecule has 8 nitrogen and oxygen atoms in total. The molecule has 2 aromatic rings. The van der Waals surface area contributed by atoms with Gasteiger partial charge in [0.15, 0.2) is 11.8 Å². The lowest BCUT2D eigenvalue weighted by atomic mass is 9.94. The summed E-state index contributed by atoms with van der Waals surface area (Å²) in [5, 5.41) is 14.4. The van der Waals surface area contributed by atoms with E-state index >= 15 is 0 Å². The first-order valence-corrected chi connectivity index (χ1v) is 8.28. The Bertz CT molecular complexity index is 666. The number of aryl methyl sites for hydroxylation is 1. The van der Waals surface area contributed by atoms with Gasteiger partial charge in [0, 0.05) is 18.5 Å². The number of oxazole rings is 1. The third kappa shape index (κ3) is 4.81. The number of hydrogen-bond donors (Lipinski definition) is 2. The molecule has 0 unspecified atom stereocenters. The van der Waals surface area contributed by atoms with Crippen LogP contribution in [0.4, 0.5) is 0 Å². The molecular weight excluding hydrogens is 306 g/mol. The van der Waals surface area contributed by atoms with Gasteiger partial charge in [-0.05, 0) is 13.8 Å². The fraction of sp³-hybridized carbons (Fsp3) is 0.625. The summed E-state index contributed by atoms with van der Waals surface area (Å²) in [5.74, 6) is 3.04. The highest BCUT2D eigenvalue weighted by Crippen LogP contribution is 2.22. The average Bonchev–Trinajstić information content (AvgIpc) is 3.18. The van der Waals surface area contributed by atoms with E-state index in [4.69, 9.17) is 4.42 Å². The van der Waals surface area contributed by atoms with Gasteiger partial charge in [-0.15, -0.1) is 10.2 Å². The van der Waals surface area contributed by atoms with Gasteiger partial charge < -0.3 is 19.6 Å². The van der Waals surface area contributed by atoms with Crippen LogP contribution in [-0.4, -0.2) is 32.3 Å². The Morgan fingerprint density at radius 3 is 2.71 bits per heavy atom. The SMILES string of the molecule is CCNC(=NCc1nncn1CC)NCc1ncc(C(C)(C)C)o1. The lowest BCUT2D eigenvalue weighted by Gasteiger charge is -2.13. The van der Waals surface area contributed by atoms with Crippen LogP contribution in [0.2, 0.25) is 0 Å². The van der Waals surface area contributed by atoms with Gasteiger partial charge in [0.05, 0.1) is 12.7 Å². The van der Waals surface area contributed by atoms with Crippen LogP contribution in [0.1, 0.15) is 52.1 Å². The second kappa shape index (κ2) is 7.94. The van der Waals surface area contributed by atoms with Crippen LogP contribution >= 0.6 is 0 Å². The number of nitrogens with one attached hydrogen (secondary N) is 2. The maximum absolute atomic E-state index is 5.78. The van der Waals surface area contributed by atoms with E-state index in [1.165, 1.54) is 0 Å². The predicted octanol–water partition coefficient (Wildman–Crippen LogP) is 1.84. The van der Waals surface area contributed by atoms with Crippen LogP contribution < -0.4 is 10.6 Å². The first kappa shape index (κ1) is 18.0. The normalized spacial score (nSPS) is 12.5. The highest BCUT2D eigenvalue weighted by atomic mass is 16.4. The van der Waals surface area contributed by atoms with Crippen molar-refractivity contribution in [2.45, 2.75) is 59.7 Å². The van der Waals surface area contributed by atoms with Crippen molar-refractivity contribution in [3.63, 3.8) is 0 Å². The van der Waals surface area contributed by atoms with Gasteiger partial charge in [-0.3, -0.25) is 0 Å². The zero-order chi connectivity index (χ0) is 17.6. The van der Waals surface area contributed by atoms with Gasteiger partial charge in [0.2, 0.25) is 5.89 Å². The monoisotopic (exact) mass is 333 g/mol. The van der Waals surface area contributed by atoms with E-state index in [1.807, 2.05) is 11.5 Å². The summed E-state index contributed by atoms with van der Waals surface area (Å²) in [5.41, 5.74) is -0.0476. The third-order valence-corrected chi connectivity index (χ3v) is 3.46. The van der Waals surface area contributed by atoms with Crippen molar-refractivity contribution in [2.75, 3.05) is 6.54 Å². The summed E-state index contributed by atoms with van der Waals surface area (Å²) < 4.78 is 7.75. The Kier molecular flexibility index (Phi) is 5.94. The molecule has 2 N–H and O–H groups in total. The van der Waals surface area contributed by atoms with Gasteiger partial charge in [-0.1, -0.05) is 20.8 Å². The van der Waals surface area contributed by atoms with Gasteiger partial charge in [0.1, 0.15) is 18.6 Å². The summed E-state index contributed by atoms with van der Waals surface area (Å²) in [6.45, 7) is 12.9. The first-order chi connectivity index (χ1) is 11.4. The zero-order valence-electron chi connectivity index (χ0n) is 15.1. The highest BCUT2D eigenvalue weighted by Gasteiger charge is 2.19. The zero-order valence-corrected chi connectivity index (χ0v) is 15.1. The second-order valence-corrected chi connectivity index (χ2v) is 6.45. The molecule has 0 aliphatic heterocycles. The van der Waals surface area contributed by atoms with Gasteiger partial charge in [-0.25, -0.2) is 9.98 Å². The Hall–Kier alpha value is -2.38. The molecule has 2 rings (SSSR count). The Morgan fingerprint density at radius 1 is 1.29 bits per heavy atom. The smallest absolute Gasteiger partial charge is 0.213 e. The first-order valence-electron chi connectivity index (χ1n) is 8.28. The van der Waals surface area contributed by atoms with Crippen molar-refractivity contribution < 1.29 is 4.42 Å². The summed E-state index contributed by atoms with van der Waals surface area (Å²) in [6.07, 6.45) is 3.50. The lowest BCUT2D eigenvalue weighted by Crippen LogP contribution is -2.37. The topological polar surface area (TPSA) is 93.2 Å². The number of nitrogens with zero attached hydrogens (tertiary/aromatic N) is 5. The van der Waals surface area contributed by atoms with E-state index in [9.17, 15) is 0 Å². The molecule has 0 aliphatic rings. The number of aromatic nitrogens is 4. The van der Waals surface area contributed by atoms with Crippen molar-refractivity contribution in [2.24, 2.45) is 4.99 Å². The Morgan fingerprint density at radius 2 is 2.08 bits per heavy atom. The van der Waals surface area contributed by atoms with E-state index in [1.54, 1.807) is 12.5 Å². The van der Waals surface area contributed by atoms with Crippen molar-refractivity contribution in [3.05, 3.63) is 30.0 Å². The Balaban J connectivity index is 1.98. The fourth-order valence-electron chi connectivity index (χ4n) is 2.06. The minimum Gasteiger partial charge on any atom is -0.443 e. The molecule has 0 amide bonds. The molecule has 24 heavy (non-hydrogen) atoms. The van der Waals surface area contributed by atoms with Crippen molar-refractivity contribution in [3.8, 4) is 0 Å². The molecule has 0 aliphatic carbocycles. The van der Waals surface area contributed by atoms with Crippen LogP contribution in [0.25, 0.3) is 0 Å². The second-order valence-electron chi connectivity index (χ2n) is 6.45. The van der Waals surface area contributed by atoms with Crippen LogP contribution in [0.15, 0.2) is 21.9 Å². The molecule has 0 saturated carbocycles. The average molecular weight is 333 g/mol. The molecule has 0 saturated heterocycles. The maximum atomic E-state index is 5.78. The largest absolute Gasteiger partial charge is 0.443 e. The molecule has 0 fully saturated rings. The molecule has 0 spiro atoms. The van der Waals surface area contributed by atoms with Gasteiger partial charge >= 0.3 is 0 Å². The molecular formula is C16H27N7O. The molecule has 0 radical (unpaired) electrons. The predicted molar refractivity (Wildman–Crippen MR) is 92.6 cm³/mol. The number of hydrogen-bond acceptors (Lipinski definition) is 5. The van der Waals surface area contributed by atoms with Crippen molar-refractivity contribution >= 4 is 5.96 Å². The molecule has 0 atom stereocenters. The minimum absolute atomic E-state index is 0.0476. The minimum atomic E-state index is -0.0476. The summed E-state index contributed by atoms with van der Waals surface area (Å²) in [4.78, 5) is 8.85. The van der Waals surface area contributed by atoms with Crippen LogP contribution in [0.3, 0.4) is 0 Å². The molecule has 0 aromatic carbocycles. The van der Waals surface area contributed by atoms with Crippen molar-refractivity contribution in [1.29, 1.82) is 0 Å². The van der Waals surface area contributed by atoms with E-state index in [-0.39, 0.29) is 5.41 Å². The number of rotatable bonds is 6. The molecule has 0 bridgehead atoms. The van der Waals surface area contributed by atoms with Crippen molar-refractivity contribution in [1.82, 2.24) is 30.4 Å². The molecule has 8 heteroatoms. The van der Waals surface area contributed by atoms with E-state index in [0.29, 0.717) is 24.9 Å². The van der Waals surface area contributed by atoms with Crippen LogP contribution in [0, 0.1) is 0 Å².